The monoisotopic (exact) mass is 498 g/mol. The first-order chi connectivity index (χ1) is 15.2. The molecule has 0 aliphatic heterocycles. The second kappa shape index (κ2) is 10.5. The first-order valence-electron chi connectivity index (χ1n) is 11.9. The lowest BCUT2D eigenvalue weighted by molar-refractivity contribution is 0.0889. The minimum Gasteiger partial charge on any atom is -0.504 e. The van der Waals surface area contributed by atoms with Gasteiger partial charge < -0.3 is 14.6 Å². The number of benzene rings is 1. The van der Waals surface area contributed by atoms with Crippen LogP contribution in [0.5, 0.6) is 17.2 Å². The van der Waals surface area contributed by atoms with Gasteiger partial charge in [0.15, 0.2) is 11.5 Å². The molecule has 0 aliphatic carbocycles. The van der Waals surface area contributed by atoms with Gasteiger partial charge in [0.2, 0.25) is 0 Å². The van der Waals surface area contributed by atoms with Gasteiger partial charge in [-0.05, 0) is 42.4 Å². The number of rotatable bonds is 11. The molecular weight excluding hydrogens is 452 g/mol. The summed E-state index contributed by atoms with van der Waals surface area (Å²) in [5, 5.41) is 11.6. The second-order valence-corrected chi connectivity index (χ2v) is 13.5. The molecule has 1 aromatic carbocycles. The quantitative estimate of drug-likeness (QED) is 0.249. The third-order valence-electron chi connectivity index (χ3n) is 6.23. The highest BCUT2D eigenvalue weighted by Crippen LogP contribution is 2.61. The van der Waals surface area contributed by atoms with E-state index in [1.807, 2.05) is 13.8 Å². The van der Waals surface area contributed by atoms with Crippen molar-refractivity contribution < 1.29 is 27.6 Å². The first kappa shape index (κ1) is 30.3. The average Bonchev–Trinajstić information content (AvgIpc) is 2.59. The molecule has 7 heteroatoms. The highest BCUT2D eigenvalue weighted by atomic mass is 32.2. The van der Waals surface area contributed by atoms with E-state index in [1.165, 1.54) is 14.2 Å². The van der Waals surface area contributed by atoms with Crippen molar-refractivity contribution in [2.75, 3.05) is 14.2 Å². The molecule has 34 heavy (non-hydrogen) atoms. The molecule has 0 fully saturated rings. The smallest absolute Gasteiger partial charge is 0.298 e. The Morgan fingerprint density at radius 3 is 1.85 bits per heavy atom. The predicted molar refractivity (Wildman–Crippen MR) is 139 cm³/mol. The van der Waals surface area contributed by atoms with Crippen molar-refractivity contribution in [1.29, 1.82) is 0 Å². The van der Waals surface area contributed by atoms with Crippen molar-refractivity contribution in [3.63, 3.8) is 0 Å². The van der Waals surface area contributed by atoms with Crippen LogP contribution >= 0.6 is 0 Å². The van der Waals surface area contributed by atoms with Crippen LogP contribution in [0.2, 0.25) is 0 Å². The third-order valence-corrected chi connectivity index (χ3v) is 7.18. The summed E-state index contributed by atoms with van der Waals surface area (Å²) in [5.41, 5.74) is 1.12. The molecule has 1 unspecified atom stereocenters. The molecule has 0 aromatic heterocycles. The van der Waals surface area contributed by atoms with Crippen molar-refractivity contribution in [3.05, 3.63) is 23.3 Å². The van der Waals surface area contributed by atoms with E-state index < -0.39 is 15.0 Å². The summed E-state index contributed by atoms with van der Waals surface area (Å²) in [6.45, 7) is 23.2. The van der Waals surface area contributed by atoms with Crippen LogP contribution in [0.3, 0.4) is 0 Å². The Labute approximate surface area is 207 Å². The third kappa shape index (κ3) is 6.69. The van der Waals surface area contributed by atoms with Crippen LogP contribution in [0.15, 0.2) is 17.0 Å². The van der Waals surface area contributed by atoms with Crippen LogP contribution in [0.1, 0.15) is 98.6 Å². The zero-order chi connectivity index (χ0) is 26.9. The van der Waals surface area contributed by atoms with Gasteiger partial charge in [-0.1, -0.05) is 67.4 Å². The van der Waals surface area contributed by atoms with E-state index in [1.54, 1.807) is 0 Å². The van der Waals surface area contributed by atoms with Gasteiger partial charge in [0, 0.05) is 17.0 Å². The van der Waals surface area contributed by atoms with Crippen LogP contribution in [0, 0.1) is 16.2 Å². The number of phenols is 1. The van der Waals surface area contributed by atoms with E-state index in [4.69, 9.17) is 9.47 Å². The van der Waals surface area contributed by atoms with Crippen molar-refractivity contribution in [1.82, 2.24) is 0 Å². The number of hydrogen-bond acceptors (Lipinski definition) is 5. The van der Waals surface area contributed by atoms with Gasteiger partial charge in [0.25, 0.3) is 10.1 Å². The number of phenolic OH excluding ortho intramolecular Hbond substituents is 1. The Bertz CT molecular complexity index is 997. The predicted octanol–water partition coefficient (Wildman–Crippen LogP) is 7.15. The number of methoxy groups -OCH3 is 2. The largest absolute Gasteiger partial charge is 0.504 e. The highest BCUT2D eigenvalue weighted by Gasteiger charge is 2.47. The van der Waals surface area contributed by atoms with Crippen LogP contribution in [0.4, 0.5) is 0 Å². The molecule has 0 saturated carbocycles. The van der Waals surface area contributed by atoms with Gasteiger partial charge in [-0.15, -0.1) is 6.58 Å². The van der Waals surface area contributed by atoms with E-state index in [0.29, 0.717) is 30.4 Å². The van der Waals surface area contributed by atoms with Crippen molar-refractivity contribution >= 4 is 10.1 Å². The summed E-state index contributed by atoms with van der Waals surface area (Å²) >= 11 is 0. The summed E-state index contributed by atoms with van der Waals surface area (Å²) in [5.74, 6) is -0.529. The maximum Gasteiger partial charge on any atom is 0.298 e. The highest BCUT2D eigenvalue weighted by molar-refractivity contribution is 7.86. The van der Waals surface area contributed by atoms with Gasteiger partial charge in [0.05, 0.1) is 14.2 Å². The standard InChI is InChI=1S/C27H46O6S/c1-13-14-18-21(32-11)19(20(28)22(33-12)23(18)34(29,30)31)24(26(7,8)15-17(2)3)27(9,10)16-25(4,5)6/h24,28H,2,13-16H2,1,3-12H3,(H,29,30,31). The molecule has 0 radical (unpaired) electrons. The normalized spacial score (nSPS) is 14.1. The van der Waals surface area contributed by atoms with E-state index in [0.717, 1.165) is 12.0 Å². The molecule has 6 nitrogen and oxygen atoms in total. The summed E-state index contributed by atoms with van der Waals surface area (Å²) in [4.78, 5) is -0.431. The Hall–Kier alpha value is -1.73. The number of allylic oxidation sites excluding steroid dienone is 1. The van der Waals surface area contributed by atoms with Crippen LogP contribution in [-0.4, -0.2) is 32.3 Å². The number of aromatic hydroxyl groups is 1. The maximum absolute atomic E-state index is 12.4. The fourth-order valence-electron chi connectivity index (χ4n) is 6.37. The Kier molecular flexibility index (Phi) is 9.35. The first-order valence-corrected chi connectivity index (χ1v) is 13.3. The fraction of sp³-hybridized carbons (Fsp3) is 0.704. The minimum atomic E-state index is -4.69. The van der Waals surface area contributed by atoms with Crippen molar-refractivity contribution in [2.45, 2.75) is 98.8 Å². The minimum absolute atomic E-state index is 0.00534. The summed E-state index contributed by atoms with van der Waals surface area (Å²) in [7, 11) is -1.93. The summed E-state index contributed by atoms with van der Waals surface area (Å²) < 4.78 is 46.2. The van der Waals surface area contributed by atoms with E-state index >= 15 is 0 Å². The van der Waals surface area contributed by atoms with Crippen molar-refractivity contribution in [2.24, 2.45) is 16.2 Å². The lowest BCUT2D eigenvalue weighted by Gasteiger charge is -2.48. The molecule has 0 spiro atoms. The zero-order valence-electron chi connectivity index (χ0n) is 23.0. The van der Waals surface area contributed by atoms with Gasteiger partial charge >= 0.3 is 0 Å². The SMILES string of the molecule is C=C(C)CC(C)(C)C(c1c(O)c(OC)c(S(=O)(=O)O)c(CCC)c1OC)C(C)(C)CC(C)(C)C. The Balaban J connectivity index is 4.32. The molecule has 0 aliphatic rings. The molecule has 2 N–H and O–H groups in total. The van der Waals surface area contributed by atoms with E-state index in [9.17, 15) is 18.1 Å². The fourth-order valence-corrected chi connectivity index (χ4v) is 7.29. The maximum atomic E-state index is 12.4. The molecule has 1 rings (SSSR count). The molecular formula is C27H46O6S. The van der Waals surface area contributed by atoms with E-state index in [-0.39, 0.29) is 39.4 Å². The lowest BCUT2D eigenvalue weighted by atomic mass is 9.56. The lowest BCUT2D eigenvalue weighted by Crippen LogP contribution is -2.37. The topological polar surface area (TPSA) is 93.1 Å². The van der Waals surface area contributed by atoms with Gasteiger partial charge in [-0.2, -0.15) is 8.42 Å². The molecule has 1 atom stereocenters. The molecule has 196 valence electrons. The van der Waals surface area contributed by atoms with Gasteiger partial charge in [0.1, 0.15) is 10.6 Å². The van der Waals surface area contributed by atoms with Crippen LogP contribution in [-0.2, 0) is 16.5 Å². The average molecular weight is 499 g/mol. The van der Waals surface area contributed by atoms with Gasteiger partial charge in [-0.3, -0.25) is 4.55 Å². The molecule has 0 bridgehead atoms. The Morgan fingerprint density at radius 2 is 1.50 bits per heavy atom. The Morgan fingerprint density at radius 1 is 1.00 bits per heavy atom. The molecule has 0 heterocycles. The summed E-state index contributed by atoms with van der Waals surface area (Å²) in [6, 6.07) is 0. The molecule has 1 aromatic rings. The van der Waals surface area contributed by atoms with Gasteiger partial charge in [-0.25, -0.2) is 0 Å². The second-order valence-electron chi connectivity index (χ2n) is 12.1. The van der Waals surface area contributed by atoms with Crippen LogP contribution < -0.4 is 9.47 Å². The molecule has 0 amide bonds. The zero-order valence-corrected chi connectivity index (χ0v) is 23.9. The number of ether oxygens (including phenoxy) is 2. The molecule has 0 saturated heterocycles. The van der Waals surface area contributed by atoms with Crippen LogP contribution in [0.25, 0.3) is 0 Å². The number of hydrogen-bond donors (Lipinski definition) is 2. The van der Waals surface area contributed by atoms with Crippen molar-refractivity contribution in [3.8, 4) is 17.2 Å². The van der Waals surface area contributed by atoms with E-state index in [2.05, 4.69) is 55.0 Å². The summed E-state index contributed by atoms with van der Waals surface area (Å²) in [6.07, 6.45) is 2.46.